The summed E-state index contributed by atoms with van der Waals surface area (Å²) in [5.41, 5.74) is -2.04. The van der Waals surface area contributed by atoms with Crippen LogP contribution < -0.4 is 0 Å². The van der Waals surface area contributed by atoms with Crippen molar-refractivity contribution in [2.75, 3.05) is 0 Å². The zero-order chi connectivity index (χ0) is 60.8. The number of fused-ring (bicyclic) bond motifs is 6. The Morgan fingerprint density at radius 2 is 1.42 bits per heavy atom. The van der Waals surface area contributed by atoms with Crippen molar-refractivity contribution in [1.82, 2.24) is 15.4 Å². The van der Waals surface area contributed by atoms with Gasteiger partial charge in [0, 0.05) is 77.3 Å². The van der Waals surface area contributed by atoms with Gasteiger partial charge in [-0.1, -0.05) is 106 Å². The largest absolute Gasteiger partial charge is 0.135 e. The van der Waals surface area contributed by atoms with Crippen LogP contribution in [0.1, 0.15) is 197 Å². The molecule has 264 valence electrons. The first-order valence-electron chi connectivity index (χ1n) is 31.5. The van der Waals surface area contributed by atoms with E-state index in [0.29, 0.717) is 32.5 Å². The maximum absolute atomic E-state index is 11.3. The lowest BCUT2D eigenvalue weighted by Crippen LogP contribution is -2.25. The SMILES string of the molecule is [2H]C1C([2H])([2H])C([2H])([2H])C([2H])([2H])C([2H])([2H])C1([2H])c1nnnc(C2C([2H])([2H])C([2H])([2H])C([2H])([2H])C([2H])([2H])C2([2H])c2c(-c3c(C)c(C)cc4c3Cc3ccccc3-4)ccc3sc4ccccc4c23)c1C1([2H])C([2H])C([2H])([2H])C([2H])([2H])C([2H])([2H])C1([2H])[2H]. The fourth-order valence-corrected chi connectivity index (χ4v) is 8.88. The van der Waals surface area contributed by atoms with E-state index in [1.165, 1.54) is 6.07 Å². The molecule has 0 spiro atoms. The molecule has 4 aliphatic rings. The predicted octanol–water partition coefficient (Wildman–Crippen LogP) is 13.6. The second-order valence-corrected chi connectivity index (χ2v) is 14.0. The first kappa shape index (κ1) is 14.4. The second-order valence-electron chi connectivity index (χ2n) is 12.9. The quantitative estimate of drug-likeness (QED) is 0.177. The van der Waals surface area contributed by atoms with Crippen LogP contribution >= 0.6 is 11.3 Å². The molecule has 52 heavy (non-hydrogen) atoms. The standard InChI is InChI=1S/C48H51N3S/c1-29-27-39-34-20-10-9-19-33(34)28-40(39)43(30(29)2)38-25-26-42-46(37-23-13-14-24-41(37)52-42)45(38)35-21-11-12-22-36(35)48-44(31-15-5-3-6-16-31)47(49-51-50-48)32-17-7-4-8-18-32/h9-10,13-14,19-20,23-27,31-32,35-36H,3-8,11-12,15-18,21-22,28H2,1-2H3/i3D2,4D2,5D2,6D2,7D2,8D2,11D2,12D2,15D,16D2,17D,18D2,21D2,22D2,31D,32D,35D. The minimum absolute atomic E-state index is 0.0665. The second kappa shape index (κ2) is 13.5. The molecule has 0 N–H and O–H groups in total. The van der Waals surface area contributed by atoms with Gasteiger partial charge in [-0.25, -0.2) is 0 Å². The molecular formula is C48H51N3S. The van der Waals surface area contributed by atoms with E-state index in [9.17, 15) is 23.3 Å². The van der Waals surface area contributed by atoms with Crippen LogP contribution in [0, 0.1) is 13.8 Å². The zero-order valence-electron chi connectivity index (χ0n) is 57.0. The molecule has 4 heteroatoms. The van der Waals surface area contributed by atoms with Crippen LogP contribution in [-0.2, 0) is 6.42 Å². The third-order valence-corrected chi connectivity index (χ3v) is 11.3. The number of rotatable bonds is 5. The average Bonchev–Trinajstić information content (AvgIpc) is 1.73. The summed E-state index contributed by atoms with van der Waals surface area (Å²) in [5, 5.41) is 11.4. The molecule has 0 saturated heterocycles. The zero-order valence-corrected chi connectivity index (χ0v) is 28.9. The highest BCUT2D eigenvalue weighted by Gasteiger charge is 2.39. The highest BCUT2D eigenvalue weighted by Crippen LogP contribution is 2.55. The first-order chi connectivity index (χ1) is 36.6. The van der Waals surface area contributed by atoms with Gasteiger partial charge in [0.05, 0.1) is 11.4 Å². The molecule has 0 radical (unpaired) electrons. The van der Waals surface area contributed by atoms with Gasteiger partial charge < -0.3 is 0 Å². The summed E-state index contributed by atoms with van der Waals surface area (Å²) in [6.45, 7) is 3.47. The Kier molecular flexibility index (Phi) is 3.74. The number of aromatic nitrogens is 3. The molecule has 4 aliphatic carbocycles. The number of benzene rings is 4. The summed E-state index contributed by atoms with van der Waals surface area (Å²) in [5.74, 6) is -16.1. The summed E-state index contributed by atoms with van der Waals surface area (Å²) >= 11 is 1.09. The number of hydrogen-bond acceptors (Lipinski definition) is 4. The summed E-state index contributed by atoms with van der Waals surface area (Å²) < 4.78 is 274. The first-order valence-corrected chi connectivity index (χ1v) is 17.7. The van der Waals surface area contributed by atoms with Crippen molar-refractivity contribution >= 4 is 31.5 Å². The highest BCUT2D eigenvalue weighted by atomic mass is 32.1. The van der Waals surface area contributed by atoms with Gasteiger partial charge in [-0.3, -0.25) is 0 Å². The van der Waals surface area contributed by atoms with Crippen LogP contribution in [-0.4, -0.2) is 15.4 Å². The third-order valence-electron chi connectivity index (χ3n) is 10.2. The smallest absolute Gasteiger partial charge is 0.0739 e. The maximum Gasteiger partial charge on any atom is 0.0739 e. The molecule has 3 saturated carbocycles. The van der Waals surface area contributed by atoms with E-state index >= 15 is 0 Å². The van der Waals surface area contributed by atoms with E-state index < -0.39 is 135 Å². The lowest BCUT2D eigenvalue weighted by atomic mass is 9.68. The Labute approximate surface area is 354 Å². The molecule has 0 amide bonds. The van der Waals surface area contributed by atoms with E-state index in [2.05, 4.69) is 15.4 Å². The molecule has 2 heterocycles. The Balaban J connectivity index is 1.48. The van der Waals surface area contributed by atoms with Crippen LogP contribution in [0.25, 0.3) is 42.4 Å². The van der Waals surface area contributed by atoms with Gasteiger partial charge >= 0.3 is 0 Å². The minimum atomic E-state index is -4.54. The van der Waals surface area contributed by atoms with E-state index in [1.807, 2.05) is 18.2 Å². The summed E-state index contributed by atoms with van der Waals surface area (Å²) in [4.78, 5) is 0. The Morgan fingerprint density at radius 1 is 0.673 bits per heavy atom. The molecule has 6 unspecified atom stereocenters. The summed E-state index contributed by atoms with van der Waals surface area (Å²) in [7, 11) is 0. The molecule has 3 nitrogen and oxygen atoms in total. The van der Waals surface area contributed by atoms with Crippen molar-refractivity contribution in [2.45, 2.75) is 133 Å². The highest BCUT2D eigenvalue weighted by molar-refractivity contribution is 7.25. The van der Waals surface area contributed by atoms with Crippen LogP contribution in [0.5, 0.6) is 0 Å². The van der Waals surface area contributed by atoms with E-state index in [0.717, 1.165) is 22.5 Å². The number of hydrogen-bond donors (Lipinski definition) is 0. The van der Waals surface area contributed by atoms with Crippen LogP contribution in [0.3, 0.4) is 0 Å². The topological polar surface area (TPSA) is 38.7 Å². The van der Waals surface area contributed by atoms with Gasteiger partial charge in [-0.2, -0.15) is 0 Å². The number of aryl methyl sites for hydroxylation is 1. The molecule has 4 aromatic carbocycles. The van der Waals surface area contributed by atoms with Gasteiger partial charge in [0.15, 0.2) is 0 Å². The van der Waals surface area contributed by atoms with Crippen LogP contribution in [0.4, 0.5) is 0 Å². The molecule has 2 aromatic heterocycles. The van der Waals surface area contributed by atoms with Gasteiger partial charge in [0.25, 0.3) is 0 Å². The molecule has 3 fully saturated rings. The summed E-state index contributed by atoms with van der Waals surface area (Å²) in [6, 6.07) is 18.8. The fraction of sp³-hybridized carbons (Fsp3) is 0.438. The third kappa shape index (κ3) is 5.38. The van der Waals surface area contributed by atoms with Gasteiger partial charge in [-0.05, 0) is 138 Å². The van der Waals surface area contributed by atoms with Gasteiger partial charge in [0.1, 0.15) is 0 Å². The molecule has 6 atom stereocenters. The van der Waals surface area contributed by atoms with Gasteiger partial charge in [0.2, 0.25) is 0 Å². The average molecular weight is 731 g/mol. The monoisotopic (exact) mass is 731 g/mol. The maximum atomic E-state index is 11.3. The fourth-order valence-electron chi connectivity index (χ4n) is 7.77. The van der Waals surface area contributed by atoms with E-state index in [-0.39, 0.29) is 27.5 Å². The van der Waals surface area contributed by atoms with Crippen molar-refractivity contribution in [1.29, 1.82) is 0 Å². The minimum Gasteiger partial charge on any atom is -0.135 e. The Bertz CT molecular complexity index is 3670. The molecule has 10 rings (SSSR count). The molecule has 0 aliphatic heterocycles. The van der Waals surface area contributed by atoms with Crippen molar-refractivity contribution in [3.63, 3.8) is 0 Å². The van der Waals surface area contributed by atoms with E-state index in [4.69, 9.17) is 16.4 Å². The normalized spacial score (nSPS) is 50.1. The van der Waals surface area contributed by atoms with Crippen molar-refractivity contribution in [2.24, 2.45) is 0 Å². The van der Waals surface area contributed by atoms with Gasteiger partial charge in [-0.15, -0.1) is 21.5 Å². The van der Waals surface area contributed by atoms with Crippen LogP contribution in [0.15, 0.2) is 66.7 Å². The lowest BCUT2D eigenvalue weighted by Gasteiger charge is -2.37. The Morgan fingerprint density at radius 3 is 2.33 bits per heavy atom. The van der Waals surface area contributed by atoms with Crippen molar-refractivity contribution in [3.05, 3.63) is 111 Å². The van der Waals surface area contributed by atoms with Crippen molar-refractivity contribution in [3.8, 4) is 22.3 Å². The van der Waals surface area contributed by atoms with E-state index in [1.54, 1.807) is 56.3 Å². The number of thiophene rings is 1. The summed E-state index contributed by atoms with van der Waals surface area (Å²) in [6.07, 6.45) is -57.8. The number of nitrogens with zero attached hydrogens (tertiary/aromatic N) is 3. The Hall–Kier alpha value is -3.89. The molecule has 0 bridgehead atoms. The van der Waals surface area contributed by atoms with Crippen molar-refractivity contribution < 1.29 is 39.8 Å². The predicted molar refractivity (Wildman–Crippen MR) is 218 cm³/mol. The molecule has 6 aromatic rings. The van der Waals surface area contributed by atoms with Crippen LogP contribution in [0.2, 0.25) is 0 Å². The molecular weight excluding hydrogens is 651 g/mol. The lowest BCUT2D eigenvalue weighted by molar-refractivity contribution is 0.361.